The Morgan fingerprint density at radius 2 is 1.86 bits per heavy atom. The van der Waals surface area contributed by atoms with Crippen molar-refractivity contribution in [2.24, 2.45) is 5.92 Å². The summed E-state index contributed by atoms with van der Waals surface area (Å²) in [4.78, 5) is 17.0. The minimum absolute atomic E-state index is 0.0363. The van der Waals surface area contributed by atoms with Gasteiger partial charge in [0, 0.05) is 23.9 Å². The Kier molecular flexibility index (Phi) is 5.53. The molecule has 5 heteroatoms. The van der Waals surface area contributed by atoms with Crippen molar-refractivity contribution in [1.82, 2.24) is 4.90 Å². The number of anilines is 1. The molecule has 2 aromatic rings. The zero-order valence-electron chi connectivity index (χ0n) is 16.7. The zero-order valence-corrected chi connectivity index (χ0v) is 16.7. The van der Waals surface area contributed by atoms with Crippen molar-refractivity contribution in [3.8, 4) is 11.5 Å². The Hall–Kier alpha value is -2.53. The molecule has 2 heterocycles. The molecule has 148 valence electrons. The second-order valence-electron chi connectivity index (χ2n) is 7.76. The lowest BCUT2D eigenvalue weighted by Crippen LogP contribution is -2.35. The van der Waals surface area contributed by atoms with Gasteiger partial charge < -0.3 is 14.4 Å². The fraction of sp³-hybridized carbons (Fsp3) is 0.435. The van der Waals surface area contributed by atoms with E-state index < -0.39 is 0 Å². The first-order valence-electron chi connectivity index (χ1n) is 10.1. The Morgan fingerprint density at radius 3 is 2.61 bits per heavy atom. The summed E-state index contributed by atoms with van der Waals surface area (Å²) in [6, 6.07) is 13.5. The third kappa shape index (κ3) is 3.85. The first-order chi connectivity index (χ1) is 13.7. The van der Waals surface area contributed by atoms with E-state index in [-0.39, 0.29) is 5.91 Å². The molecule has 2 aromatic carbocycles. The molecule has 2 aliphatic heterocycles. The van der Waals surface area contributed by atoms with Crippen LogP contribution in [0.4, 0.5) is 5.69 Å². The highest BCUT2D eigenvalue weighted by Gasteiger charge is 2.28. The summed E-state index contributed by atoms with van der Waals surface area (Å²) in [6.07, 6.45) is 2.52. The molecule has 0 atom stereocenters. The maximum atomic E-state index is 12.8. The first-order valence-corrected chi connectivity index (χ1v) is 10.1. The number of carbonyl (C=O) groups is 1. The molecular weight excluding hydrogens is 352 g/mol. The van der Waals surface area contributed by atoms with E-state index in [1.807, 2.05) is 42.5 Å². The van der Waals surface area contributed by atoms with E-state index in [4.69, 9.17) is 9.47 Å². The Balaban J connectivity index is 1.44. The predicted octanol–water partition coefficient (Wildman–Crippen LogP) is 3.97. The van der Waals surface area contributed by atoms with Crippen LogP contribution in [-0.2, 0) is 6.54 Å². The van der Waals surface area contributed by atoms with Gasteiger partial charge in [0.2, 0.25) is 0 Å². The minimum Gasteiger partial charge on any atom is -0.493 e. The molecule has 5 nitrogen and oxygen atoms in total. The van der Waals surface area contributed by atoms with E-state index in [9.17, 15) is 4.79 Å². The van der Waals surface area contributed by atoms with Crippen molar-refractivity contribution in [2.75, 3.05) is 38.3 Å². The summed E-state index contributed by atoms with van der Waals surface area (Å²) >= 11 is 0. The van der Waals surface area contributed by atoms with Crippen LogP contribution < -0.4 is 14.4 Å². The van der Waals surface area contributed by atoms with Gasteiger partial charge in [-0.15, -0.1) is 0 Å². The summed E-state index contributed by atoms with van der Waals surface area (Å²) in [6.45, 7) is 6.72. The number of ether oxygens (including phenoxy) is 2. The van der Waals surface area contributed by atoms with E-state index in [2.05, 4.69) is 11.8 Å². The average Bonchev–Trinajstić information content (AvgIpc) is 3.06. The number of rotatable bonds is 6. The molecule has 4 rings (SSSR count). The number of methoxy groups -OCH3 is 1. The molecule has 0 aliphatic carbocycles. The second kappa shape index (κ2) is 8.23. The molecule has 0 N–H and O–H groups in total. The summed E-state index contributed by atoms with van der Waals surface area (Å²) in [5, 5.41) is 0. The molecule has 0 saturated carbocycles. The molecule has 1 fully saturated rings. The standard InChI is InChI=1S/C23H28N2O3/c1-17-9-11-24(12-10-17)13-14-28-22-15-19(7-8-21(22)27-2)25-16-18-5-3-4-6-20(18)23(25)26/h3-8,15,17H,9-14,16H2,1-2H3. The van der Waals surface area contributed by atoms with E-state index >= 15 is 0 Å². The van der Waals surface area contributed by atoms with Crippen molar-refractivity contribution < 1.29 is 14.3 Å². The molecule has 0 spiro atoms. The number of piperidine rings is 1. The van der Waals surface area contributed by atoms with E-state index in [0.29, 0.717) is 24.7 Å². The van der Waals surface area contributed by atoms with E-state index in [0.717, 1.165) is 42.4 Å². The Labute approximate surface area is 166 Å². The number of nitrogens with zero attached hydrogens (tertiary/aromatic N) is 2. The van der Waals surface area contributed by atoms with E-state index in [1.165, 1.54) is 12.8 Å². The number of hydrogen-bond acceptors (Lipinski definition) is 4. The monoisotopic (exact) mass is 380 g/mol. The summed E-state index contributed by atoms with van der Waals surface area (Å²) in [5.74, 6) is 2.25. The first kappa shape index (κ1) is 18.8. The van der Waals surface area contributed by atoms with Gasteiger partial charge in [-0.25, -0.2) is 0 Å². The lowest BCUT2D eigenvalue weighted by Gasteiger charge is -2.30. The molecule has 28 heavy (non-hydrogen) atoms. The number of hydrogen-bond donors (Lipinski definition) is 0. The van der Waals surface area contributed by atoms with Crippen LogP contribution in [0.15, 0.2) is 42.5 Å². The predicted molar refractivity (Wildman–Crippen MR) is 110 cm³/mol. The van der Waals surface area contributed by atoms with Crippen LogP contribution in [0.3, 0.4) is 0 Å². The third-order valence-corrected chi connectivity index (χ3v) is 5.82. The van der Waals surface area contributed by atoms with Crippen LogP contribution >= 0.6 is 0 Å². The molecule has 0 bridgehead atoms. The van der Waals surface area contributed by atoms with Crippen molar-refractivity contribution >= 4 is 11.6 Å². The van der Waals surface area contributed by atoms with Gasteiger partial charge in [-0.1, -0.05) is 25.1 Å². The topological polar surface area (TPSA) is 42.0 Å². The Bertz CT molecular complexity index is 843. The highest BCUT2D eigenvalue weighted by molar-refractivity contribution is 6.10. The average molecular weight is 380 g/mol. The largest absolute Gasteiger partial charge is 0.493 e. The molecule has 1 amide bonds. The van der Waals surface area contributed by atoms with Crippen LogP contribution in [0.25, 0.3) is 0 Å². The van der Waals surface area contributed by atoms with Crippen molar-refractivity contribution in [3.63, 3.8) is 0 Å². The number of amides is 1. The zero-order chi connectivity index (χ0) is 19.5. The van der Waals surface area contributed by atoms with Gasteiger partial charge >= 0.3 is 0 Å². The van der Waals surface area contributed by atoms with Gasteiger partial charge in [0.1, 0.15) is 6.61 Å². The van der Waals surface area contributed by atoms with Crippen molar-refractivity contribution in [2.45, 2.75) is 26.3 Å². The Morgan fingerprint density at radius 1 is 1.07 bits per heavy atom. The molecule has 2 aliphatic rings. The van der Waals surface area contributed by atoms with Gasteiger partial charge in [0.15, 0.2) is 11.5 Å². The summed E-state index contributed by atoms with van der Waals surface area (Å²) in [7, 11) is 1.64. The molecular formula is C23H28N2O3. The van der Waals surface area contributed by atoms with Crippen LogP contribution in [0.1, 0.15) is 35.7 Å². The lowest BCUT2D eigenvalue weighted by atomic mass is 9.99. The molecule has 0 unspecified atom stereocenters. The van der Waals surface area contributed by atoms with Crippen LogP contribution in [-0.4, -0.2) is 44.2 Å². The SMILES string of the molecule is COc1ccc(N2Cc3ccccc3C2=O)cc1OCCN1CCC(C)CC1. The number of carbonyl (C=O) groups excluding carboxylic acids is 1. The summed E-state index contributed by atoms with van der Waals surface area (Å²) in [5.41, 5.74) is 2.68. The van der Waals surface area contributed by atoms with Gasteiger partial charge in [0.05, 0.1) is 13.7 Å². The normalized spacial score (nSPS) is 17.6. The van der Waals surface area contributed by atoms with Crippen LogP contribution in [0, 0.1) is 5.92 Å². The molecule has 0 aromatic heterocycles. The number of benzene rings is 2. The minimum atomic E-state index is 0.0363. The van der Waals surface area contributed by atoms with Crippen molar-refractivity contribution in [1.29, 1.82) is 0 Å². The highest BCUT2D eigenvalue weighted by atomic mass is 16.5. The number of fused-ring (bicyclic) bond motifs is 1. The molecule has 0 radical (unpaired) electrons. The smallest absolute Gasteiger partial charge is 0.258 e. The van der Waals surface area contributed by atoms with Gasteiger partial charge in [0.25, 0.3) is 5.91 Å². The quantitative estimate of drug-likeness (QED) is 0.761. The molecule has 1 saturated heterocycles. The van der Waals surface area contributed by atoms with Gasteiger partial charge in [-0.3, -0.25) is 9.69 Å². The fourth-order valence-electron chi connectivity index (χ4n) is 3.98. The maximum Gasteiger partial charge on any atom is 0.258 e. The fourth-order valence-corrected chi connectivity index (χ4v) is 3.98. The van der Waals surface area contributed by atoms with E-state index in [1.54, 1.807) is 12.0 Å². The van der Waals surface area contributed by atoms with Crippen LogP contribution in [0.5, 0.6) is 11.5 Å². The summed E-state index contributed by atoms with van der Waals surface area (Å²) < 4.78 is 11.5. The van der Waals surface area contributed by atoms with Gasteiger partial charge in [-0.2, -0.15) is 0 Å². The maximum absolute atomic E-state index is 12.8. The number of likely N-dealkylation sites (tertiary alicyclic amines) is 1. The van der Waals surface area contributed by atoms with Gasteiger partial charge in [-0.05, 0) is 55.6 Å². The second-order valence-corrected chi connectivity index (χ2v) is 7.76. The van der Waals surface area contributed by atoms with Crippen LogP contribution in [0.2, 0.25) is 0 Å². The lowest BCUT2D eigenvalue weighted by molar-refractivity contribution is 0.0996. The highest BCUT2D eigenvalue weighted by Crippen LogP contribution is 2.35. The van der Waals surface area contributed by atoms with Crippen molar-refractivity contribution in [3.05, 3.63) is 53.6 Å². The third-order valence-electron chi connectivity index (χ3n) is 5.82.